The minimum atomic E-state index is -0.927. The number of para-hydroxylation sites is 1. The molecule has 0 saturated heterocycles. The molecule has 2 heterocycles. The van der Waals surface area contributed by atoms with Gasteiger partial charge in [0.05, 0.1) is 17.8 Å². The van der Waals surface area contributed by atoms with Crippen LogP contribution in [0.5, 0.6) is 5.75 Å². The molecule has 1 N–H and O–H groups in total. The summed E-state index contributed by atoms with van der Waals surface area (Å²) in [5.74, 6) is -0.148. The van der Waals surface area contributed by atoms with Crippen molar-refractivity contribution < 1.29 is 14.6 Å². The van der Waals surface area contributed by atoms with Crippen molar-refractivity contribution in [2.45, 2.75) is 40.5 Å². The SMILES string of the molecule is Cc1cc(OCCCc2c(C(=O)O)n(C)c3c(-c4c(C)nn(C)c4C)cccc23)cc(C)c1Cl. The third-order valence-electron chi connectivity index (χ3n) is 6.55. The molecule has 0 fully saturated rings. The summed E-state index contributed by atoms with van der Waals surface area (Å²) in [6, 6.07) is 9.91. The van der Waals surface area contributed by atoms with Gasteiger partial charge in [-0.25, -0.2) is 4.79 Å². The summed E-state index contributed by atoms with van der Waals surface area (Å²) in [5.41, 5.74) is 8.05. The van der Waals surface area contributed by atoms with Crippen LogP contribution < -0.4 is 4.74 Å². The van der Waals surface area contributed by atoms with Gasteiger partial charge < -0.3 is 14.4 Å². The van der Waals surface area contributed by atoms with Crippen molar-refractivity contribution in [3.63, 3.8) is 0 Å². The minimum Gasteiger partial charge on any atom is -0.494 e. The second-order valence-corrected chi connectivity index (χ2v) is 9.26. The number of carboxylic acids is 1. The molecule has 0 bridgehead atoms. The van der Waals surface area contributed by atoms with Crippen LogP contribution in [0, 0.1) is 27.7 Å². The zero-order chi connectivity index (χ0) is 24.7. The molecule has 0 atom stereocenters. The second kappa shape index (κ2) is 9.18. The first-order valence-electron chi connectivity index (χ1n) is 11.4. The number of carboxylic acid groups (broad SMARTS) is 1. The van der Waals surface area contributed by atoms with Gasteiger partial charge in [-0.2, -0.15) is 5.10 Å². The van der Waals surface area contributed by atoms with Crippen LogP contribution in [0.2, 0.25) is 5.02 Å². The zero-order valence-electron chi connectivity index (χ0n) is 20.5. The lowest BCUT2D eigenvalue weighted by Crippen LogP contribution is -2.08. The van der Waals surface area contributed by atoms with Crippen molar-refractivity contribution in [2.24, 2.45) is 14.1 Å². The Morgan fingerprint density at radius 1 is 1.12 bits per heavy atom. The Balaban J connectivity index is 1.68. The predicted molar refractivity (Wildman–Crippen MR) is 136 cm³/mol. The van der Waals surface area contributed by atoms with Crippen molar-refractivity contribution in [3.05, 3.63) is 69.1 Å². The standard InChI is InChI=1S/C27H30ClN3O3/c1-15-13-19(14-16(2)24(15)28)34-12-8-11-21-20-9-7-10-22(23-17(3)29-31(6)18(23)4)25(20)30(5)26(21)27(32)33/h7,9-10,13-14H,8,11-12H2,1-6H3,(H,32,33). The maximum absolute atomic E-state index is 12.3. The summed E-state index contributed by atoms with van der Waals surface area (Å²) in [5, 5.41) is 16.3. The molecule has 0 aliphatic carbocycles. The van der Waals surface area contributed by atoms with Gasteiger partial charge in [-0.05, 0) is 69.4 Å². The van der Waals surface area contributed by atoms with E-state index < -0.39 is 5.97 Å². The van der Waals surface area contributed by atoms with Crippen LogP contribution in [0.25, 0.3) is 22.0 Å². The number of nitrogens with zero attached hydrogens (tertiary/aromatic N) is 3. The van der Waals surface area contributed by atoms with Crippen molar-refractivity contribution in [1.29, 1.82) is 0 Å². The Labute approximate surface area is 204 Å². The van der Waals surface area contributed by atoms with E-state index in [1.165, 1.54) is 0 Å². The Morgan fingerprint density at radius 3 is 2.38 bits per heavy atom. The fraction of sp³-hybridized carbons (Fsp3) is 0.333. The fourth-order valence-electron chi connectivity index (χ4n) is 4.91. The highest BCUT2D eigenvalue weighted by Crippen LogP contribution is 2.37. The summed E-state index contributed by atoms with van der Waals surface area (Å²) in [6.45, 7) is 8.42. The first-order chi connectivity index (χ1) is 16.1. The van der Waals surface area contributed by atoms with E-state index in [-0.39, 0.29) is 0 Å². The molecule has 7 heteroatoms. The van der Waals surface area contributed by atoms with E-state index in [0.29, 0.717) is 25.1 Å². The normalized spacial score (nSPS) is 11.4. The first-order valence-corrected chi connectivity index (χ1v) is 11.7. The monoisotopic (exact) mass is 479 g/mol. The summed E-state index contributed by atoms with van der Waals surface area (Å²) >= 11 is 6.25. The molecule has 0 radical (unpaired) electrons. The number of hydrogen-bond donors (Lipinski definition) is 1. The van der Waals surface area contributed by atoms with Crippen LogP contribution in [0.4, 0.5) is 0 Å². The number of hydrogen-bond acceptors (Lipinski definition) is 3. The van der Waals surface area contributed by atoms with E-state index >= 15 is 0 Å². The highest BCUT2D eigenvalue weighted by molar-refractivity contribution is 6.32. The topological polar surface area (TPSA) is 69.3 Å². The molecular weight excluding hydrogens is 450 g/mol. The number of halogens is 1. The summed E-state index contributed by atoms with van der Waals surface area (Å²) in [6.07, 6.45) is 1.29. The van der Waals surface area contributed by atoms with E-state index in [4.69, 9.17) is 16.3 Å². The van der Waals surface area contributed by atoms with Gasteiger partial charge >= 0.3 is 5.97 Å². The maximum Gasteiger partial charge on any atom is 0.352 e. The van der Waals surface area contributed by atoms with E-state index in [1.807, 2.05) is 76.8 Å². The number of carbonyl (C=O) groups is 1. The third kappa shape index (κ3) is 4.07. The van der Waals surface area contributed by atoms with Crippen molar-refractivity contribution in [3.8, 4) is 16.9 Å². The molecule has 0 spiro atoms. The average molecular weight is 480 g/mol. The number of benzene rings is 2. The number of aryl methyl sites for hydroxylation is 6. The minimum absolute atomic E-state index is 0.319. The van der Waals surface area contributed by atoms with Crippen LogP contribution in [-0.2, 0) is 20.5 Å². The molecule has 2 aromatic carbocycles. The van der Waals surface area contributed by atoms with Gasteiger partial charge in [0.1, 0.15) is 11.4 Å². The number of rotatable bonds is 7. The molecule has 6 nitrogen and oxygen atoms in total. The van der Waals surface area contributed by atoms with Gasteiger partial charge in [-0.1, -0.05) is 29.8 Å². The molecule has 2 aromatic heterocycles. The molecule has 4 rings (SSSR count). The van der Waals surface area contributed by atoms with Gasteiger partial charge in [0, 0.05) is 41.3 Å². The number of aromatic nitrogens is 3. The molecule has 178 valence electrons. The lowest BCUT2D eigenvalue weighted by atomic mass is 9.98. The maximum atomic E-state index is 12.3. The molecule has 0 amide bonds. The summed E-state index contributed by atoms with van der Waals surface area (Å²) in [7, 11) is 3.75. The van der Waals surface area contributed by atoms with Crippen LogP contribution >= 0.6 is 11.6 Å². The molecule has 4 aromatic rings. The Morgan fingerprint density at radius 2 is 1.79 bits per heavy atom. The lowest BCUT2D eigenvalue weighted by Gasteiger charge is -2.10. The van der Waals surface area contributed by atoms with Crippen molar-refractivity contribution in [1.82, 2.24) is 14.3 Å². The number of ether oxygens (including phenoxy) is 1. The van der Waals surface area contributed by atoms with Crippen LogP contribution in [0.3, 0.4) is 0 Å². The van der Waals surface area contributed by atoms with Crippen LogP contribution in [0.1, 0.15) is 45.0 Å². The first kappa shape index (κ1) is 23.9. The van der Waals surface area contributed by atoms with Gasteiger partial charge in [-0.15, -0.1) is 0 Å². The fourth-order valence-corrected chi connectivity index (χ4v) is 5.02. The Hall–Kier alpha value is -3.25. The van der Waals surface area contributed by atoms with Crippen LogP contribution in [0.15, 0.2) is 30.3 Å². The summed E-state index contributed by atoms with van der Waals surface area (Å²) < 4.78 is 9.64. The molecular formula is C27H30ClN3O3. The average Bonchev–Trinajstić information content (AvgIpc) is 3.21. The number of aromatic carboxylic acids is 1. The smallest absolute Gasteiger partial charge is 0.352 e. The molecule has 0 aliphatic rings. The van der Waals surface area contributed by atoms with E-state index in [0.717, 1.165) is 60.9 Å². The highest BCUT2D eigenvalue weighted by Gasteiger charge is 2.24. The summed E-state index contributed by atoms with van der Waals surface area (Å²) in [4.78, 5) is 12.3. The third-order valence-corrected chi connectivity index (χ3v) is 7.14. The quantitative estimate of drug-likeness (QED) is 0.321. The van der Waals surface area contributed by atoms with Crippen molar-refractivity contribution in [2.75, 3.05) is 6.61 Å². The molecule has 0 aliphatic heterocycles. The lowest BCUT2D eigenvalue weighted by molar-refractivity contribution is 0.0685. The second-order valence-electron chi connectivity index (χ2n) is 8.89. The Kier molecular flexibility index (Phi) is 6.45. The van der Waals surface area contributed by atoms with E-state index in [1.54, 1.807) is 4.57 Å². The zero-order valence-corrected chi connectivity index (χ0v) is 21.2. The molecule has 0 unspecified atom stereocenters. The molecule has 0 saturated carbocycles. The van der Waals surface area contributed by atoms with Crippen molar-refractivity contribution >= 4 is 28.5 Å². The van der Waals surface area contributed by atoms with Gasteiger partial charge in [-0.3, -0.25) is 4.68 Å². The van der Waals surface area contributed by atoms with Gasteiger partial charge in [0.2, 0.25) is 0 Å². The Bertz CT molecular complexity index is 1390. The number of fused-ring (bicyclic) bond motifs is 1. The van der Waals surface area contributed by atoms with Gasteiger partial charge in [0.15, 0.2) is 0 Å². The predicted octanol–water partition coefficient (Wildman–Crippen LogP) is 6.18. The van der Waals surface area contributed by atoms with Crippen LogP contribution in [-0.4, -0.2) is 32.0 Å². The van der Waals surface area contributed by atoms with Gasteiger partial charge in [0.25, 0.3) is 0 Å². The largest absolute Gasteiger partial charge is 0.494 e. The van der Waals surface area contributed by atoms with E-state index in [2.05, 4.69) is 5.10 Å². The molecule has 34 heavy (non-hydrogen) atoms. The highest BCUT2D eigenvalue weighted by atomic mass is 35.5. The van der Waals surface area contributed by atoms with E-state index in [9.17, 15) is 9.90 Å².